The lowest BCUT2D eigenvalue weighted by molar-refractivity contribution is 0.112. The summed E-state index contributed by atoms with van der Waals surface area (Å²) in [6, 6.07) is 8.13. The van der Waals surface area contributed by atoms with Crippen LogP contribution in [0.5, 0.6) is 0 Å². The van der Waals surface area contributed by atoms with Gasteiger partial charge in [0.25, 0.3) is 0 Å². The van der Waals surface area contributed by atoms with Gasteiger partial charge in [-0.1, -0.05) is 32.4 Å². The Labute approximate surface area is 98.9 Å². The molecule has 0 aliphatic heterocycles. The van der Waals surface area contributed by atoms with Crippen molar-refractivity contribution in [3.8, 4) is 0 Å². The topological polar surface area (TPSA) is 23.5 Å². The van der Waals surface area contributed by atoms with Gasteiger partial charge < -0.3 is 10.0 Å². The smallest absolute Gasteiger partial charge is 0.0816 e. The van der Waals surface area contributed by atoms with Crippen LogP contribution in [0.4, 0.5) is 5.69 Å². The summed E-state index contributed by atoms with van der Waals surface area (Å²) in [5.74, 6) is 0.322. The first-order valence-electron chi connectivity index (χ1n) is 6.01. The Kier molecular flexibility index (Phi) is 4.81. The molecule has 1 aromatic rings. The zero-order valence-corrected chi connectivity index (χ0v) is 10.8. The van der Waals surface area contributed by atoms with E-state index >= 15 is 0 Å². The zero-order chi connectivity index (χ0) is 12.1. The monoisotopic (exact) mass is 221 g/mol. The quantitative estimate of drug-likeness (QED) is 0.825. The molecule has 1 N–H and O–H groups in total. The van der Waals surface area contributed by atoms with Crippen LogP contribution in [-0.2, 0) is 0 Å². The first-order valence-corrected chi connectivity index (χ1v) is 6.01. The highest BCUT2D eigenvalue weighted by Gasteiger charge is 2.15. The Hall–Kier alpha value is -1.02. The van der Waals surface area contributed by atoms with Gasteiger partial charge in [-0.2, -0.15) is 0 Å². The highest BCUT2D eigenvalue weighted by Crippen LogP contribution is 2.27. The van der Waals surface area contributed by atoms with E-state index in [1.807, 2.05) is 26.2 Å². The van der Waals surface area contributed by atoms with E-state index in [0.29, 0.717) is 5.92 Å². The molecule has 0 saturated carbocycles. The molecule has 2 unspecified atom stereocenters. The Morgan fingerprint density at radius 3 is 2.56 bits per heavy atom. The first kappa shape index (κ1) is 13.0. The number of aliphatic hydroxyl groups excluding tert-OH is 1. The van der Waals surface area contributed by atoms with Gasteiger partial charge in [0.2, 0.25) is 0 Å². The normalized spacial score (nSPS) is 14.6. The van der Waals surface area contributed by atoms with Crippen molar-refractivity contribution in [1.29, 1.82) is 0 Å². The summed E-state index contributed by atoms with van der Waals surface area (Å²) in [7, 11) is 4.03. The second-order valence-corrected chi connectivity index (χ2v) is 4.70. The van der Waals surface area contributed by atoms with Crippen LogP contribution in [0.3, 0.4) is 0 Å². The molecule has 0 fully saturated rings. The third-order valence-corrected chi connectivity index (χ3v) is 3.01. The minimum atomic E-state index is -0.347. The molecule has 0 heterocycles. The van der Waals surface area contributed by atoms with Crippen LogP contribution in [0, 0.1) is 5.92 Å². The Balaban J connectivity index is 2.82. The lowest BCUT2D eigenvalue weighted by Crippen LogP contribution is -2.12. The minimum absolute atomic E-state index is 0.322. The number of hydrogen-bond acceptors (Lipinski definition) is 2. The summed E-state index contributed by atoms with van der Waals surface area (Å²) in [4.78, 5) is 2.06. The van der Waals surface area contributed by atoms with Crippen molar-refractivity contribution in [3.63, 3.8) is 0 Å². The highest BCUT2D eigenvalue weighted by molar-refractivity contribution is 5.47. The molecular formula is C14H23NO. The third-order valence-electron chi connectivity index (χ3n) is 3.01. The van der Waals surface area contributed by atoms with Crippen LogP contribution in [0.1, 0.15) is 38.4 Å². The number of benzene rings is 1. The van der Waals surface area contributed by atoms with Crippen LogP contribution in [-0.4, -0.2) is 19.2 Å². The molecule has 1 aromatic carbocycles. The van der Waals surface area contributed by atoms with Gasteiger partial charge in [0.05, 0.1) is 6.10 Å². The minimum Gasteiger partial charge on any atom is -0.388 e. The lowest BCUT2D eigenvalue weighted by Gasteiger charge is -2.20. The molecule has 16 heavy (non-hydrogen) atoms. The van der Waals surface area contributed by atoms with E-state index in [2.05, 4.69) is 30.9 Å². The fraction of sp³-hybridized carbons (Fsp3) is 0.571. The summed E-state index contributed by atoms with van der Waals surface area (Å²) < 4.78 is 0. The lowest BCUT2D eigenvalue weighted by atomic mass is 9.93. The largest absolute Gasteiger partial charge is 0.388 e. The average Bonchev–Trinajstić information content (AvgIpc) is 2.28. The van der Waals surface area contributed by atoms with Crippen molar-refractivity contribution in [3.05, 3.63) is 29.8 Å². The fourth-order valence-corrected chi connectivity index (χ4v) is 1.93. The van der Waals surface area contributed by atoms with Gasteiger partial charge in [-0.3, -0.25) is 0 Å². The maximum absolute atomic E-state index is 10.2. The molecular weight excluding hydrogens is 198 g/mol. The van der Waals surface area contributed by atoms with E-state index in [4.69, 9.17) is 0 Å². The Morgan fingerprint density at radius 2 is 2.00 bits per heavy atom. The molecule has 2 heteroatoms. The summed E-state index contributed by atoms with van der Waals surface area (Å²) in [6.45, 7) is 4.26. The number of hydrogen-bond donors (Lipinski definition) is 1. The molecule has 0 saturated heterocycles. The van der Waals surface area contributed by atoms with E-state index in [-0.39, 0.29) is 6.10 Å². The molecule has 0 aliphatic rings. The van der Waals surface area contributed by atoms with Crippen LogP contribution in [0.2, 0.25) is 0 Å². The number of rotatable bonds is 5. The van der Waals surface area contributed by atoms with Crippen molar-refractivity contribution >= 4 is 5.69 Å². The third kappa shape index (κ3) is 3.24. The predicted octanol–water partition coefficient (Wildman–Crippen LogP) is 3.22. The van der Waals surface area contributed by atoms with Crippen molar-refractivity contribution in [2.75, 3.05) is 19.0 Å². The van der Waals surface area contributed by atoms with Gasteiger partial charge in [-0.15, -0.1) is 0 Å². The van der Waals surface area contributed by atoms with E-state index in [0.717, 1.165) is 24.1 Å². The predicted molar refractivity (Wildman–Crippen MR) is 69.8 cm³/mol. The standard InChI is InChI=1S/C14H23NO/c1-5-7-11(2)14(16)12-8-6-9-13(10-12)15(3)4/h6,8-11,14,16H,5,7H2,1-4H3. The molecule has 2 nitrogen and oxygen atoms in total. The highest BCUT2D eigenvalue weighted by atomic mass is 16.3. The number of aliphatic hydroxyl groups is 1. The van der Waals surface area contributed by atoms with Crippen molar-refractivity contribution in [2.45, 2.75) is 32.8 Å². The molecule has 0 aromatic heterocycles. The summed E-state index contributed by atoms with van der Waals surface area (Å²) in [5, 5.41) is 10.2. The van der Waals surface area contributed by atoms with E-state index in [1.54, 1.807) is 0 Å². The van der Waals surface area contributed by atoms with E-state index in [1.165, 1.54) is 0 Å². The Morgan fingerprint density at radius 1 is 1.31 bits per heavy atom. The summed E-state index contributed by atoms with van der Waals surface area (Å²) in [5.41, 5.74) is 2.16. The molecule has 0 radical (unpaired) electrons. The number of nitrogens with zero attached hydrogens (tertiary/aromatic N) is 1. The van der Waals surface area contributed by atoms with Crippen LogP contribution in [0.25, 0.3) is 0 Å². The van der Waals surface area contributed by atoms with E-state index < -0.39 is 0 Å². The second kappa shape index (κ2) is 5.90. The van der Waals surface area contributed by atoms with Gasteiger partial charge in [0, 0.05) is 19.8 Å². The Bertz CT molecular complexity index is 322. The van der Waals surface area contributed by atoms with Crippen LogP contribution in [0.15, 0.2) is 24.3 Å². The van der Waals surface area contributed by atoms with Crippen molar-refractivity contribution < 1.29 is 5.11 Å². The van der Waals surface area contributed by atoms with E-state index in [9.17, 15) is 5.11 Å². The van der Waals surface area contributed by atoms with Gasteiger partial charge in [-0.05, 0) is 30.0 Å². The van der Waals surface area contributed by atoms with Crippen molar-refractivity contribution in [2.24, 2.45) is 5.92 Å². The van der Waals surface area contributed by atoms with Gasteiger partial charge in [0.1, 0.15) is 0 Å². The molecule has 90 valence electrons. The molecule has 1 rings (SSSR count). The zero-order valence-electron chi connectivity index (χ0n) is 10.8. The van der Waals surface area contributed by atoms with Crippen LogP contribution < -0.4 is 4.90 Å². The molecule has 0 aliphatic carbocycles. The maximum atomic E-state index is 10.2. The maximum Gasteiger partial charge on any atom is 0.0816 e. The SMILES string of the molecule is CCCC(C)C(O)c1cccc(N(C)C)c1. The summed E-state index contributed by atoms with van der Waals surface area (Å²) >= 11 is 0. The molecule has 2 atom stereocenters. The number of anilines is 1. The fourth-order valence-electron chi connectivity index (χ4n) is 1.93. The van der Waals surface area contributed by atoms with Crippen LogP contribution >= 0.6 is 0 Å². The van der Waals surface area contributed by atoms with Crippen molar-refractivity contribution in [1.82, 2.24) is 0 Å². The van der Waals surface area contributed by atoms with Gasteiger partial charge in [-0.25, -0.2) is 0 Å². The molecule has 0 bridgehead atoms. The molecule has 0 amide bonds. The molecule has 0 spiro atoms. The van der Waals surface area contributed by atoms with Gasteiger partial charge in [0.15, 0.2) is 0 Å². The summed E-state index contributed by atoms with van der Waals surface area (Å²) in [6.07, 6.45) is 1.83. The average molecular weight is 221 g/mol. The van der Waals surface area contributed by atoms with Gasteiger partial charge >= 0.3 is 0 Å². The first-order chi connectivity index (χ1) is 7.56. The second-order valence-electron chi connectivity index (χ2n) is 4.70.